The first kappa shape index (κ1) is 16.8. The van der Waals surface area contributed by atoms with E-state index in [0.717, 1.165) is 56.2 Å². The Bertz CT molecular complexity index is 831. The number of fused-ring (bicyclic) bond motifs is 1. The molecule has 0 spiro atoms. The zero-order valence-corrected chi connectivity index (χ0v) is 14.6. The fourth-order valence-electron chi connectivity index (χ4n) is 2.86. The topological polar surface area (TPSA) is 72.7 Å². The number of anilines is 1. The van der Waals surface area contributed by atoms with Gasteiger partial charge in [0.25, 0.3) is 6.01 Å². The van der Waals surface area contributed by atoms with Crippen LogP contribution in [0, 0.1) is 0 Å². The van der Waals surface area contributed by atoms with Crippen LogP contribution in [0.5, 0.6) is 5.75 Å². The van der Waals surface area contributed by atoms with Crippen LogP contribution in [0.3, 0.4) is 0 Å². The molecule has 136 valence electrons. The minimum Gasteiger partial charge on any atom is -0.489 e. The Morgan fingerprint density at radius 3 is 2.81 bits per heavy atom. The number of hydrogen-bond acceptors (Lipinski definition) is 7. The summed E-state index contributed by atoms with van der Waals surface area (Å²) < 4.78 is 17.0. The number of hydrogen-bond donors (Lipinski definition) is 1. The number of ether oxygens (including phenoxy) is 2. The lowest BCUT2D eigenvalue weighted by Crippen LogP contribution is -2.39. The second-order valence-electron chi connectivity index (χ2n) is 6.17. The van der Waals surface area contributed by atoms with Crippen LogP contribution >= 0.6 is 0 Å². The van der Waals surface area contributed by atoms with E-state index in [4.69, 9.17) is 13.9 Å². The summed E-state index contributed by atoms with van der Waals surface area (Å²) in [6, 6.07) is 10.1. The highest BCUT2D eigenvalue weighted by molar-refractivity contribution is 5.76. The van der Waals surface area contributed by atoms with E-state index in [9.17, 15) is 0 Å². The van der Waals surface area contributed by atoms with Crippen molar-refractivity contribution in [3.05, 3.63) is 48.3 Å². The lowest BCUT2D eigenvalue weighted by molar-refractivity contribution is 0.0398. The Kier molecular flexibility index (Phi) is 5.27. The van der Waals surface area contributed by atoms with E-state index in [-0.39, 0.29) is 0 Å². The van der Waals surface area contributed by atoms with Crippen LogP contribution in [0.1, 0.15) is 5.56 Å². The van der Waals surface area contributed by atoms with Crippen molar-refractivity contribution in [2.45, 2.75) is 6.61 Å². The molecule has 26 heavy (non-hydrogen) atoms. The van der Waals surface area contributed by atoms with Gasteiger partial charge < -0.3 is 19.2 Å². The third kappa shape index (κ3) is 4.30. The van der Waals surface area contributed by atoms with Crippen LogP contribution in [0.15, 0.2) is 47.1 Å². The van der Waals surface area contributed by atoms with Gasteiger partial charge in [-0.1, -0.05) is 0 Å². The molecule has 0 radical (unpaired) electrons. The molecule has 1 aliphatic rings. The third-order valence-electron chi connectivity index (χ3n) is 4.32. The van der Waals surface area contributed by atoms with Crippen molar-refractivity contribution in [2.24, 2.45) is 0 Å². The van der Waals surface area contributed by atoms with Gasteiger partial charge in [0.15, 0.2) is 5.58 Å². The van der Waals surface area contributed by atoms with Crippen molar-refractivity contribution in [1.82, 2.24) is 14.9 Å². The molecular formula is C19H22N4O3. The highest BCUT2D eigenvalue weighted by Crippen LogP contribution is 2.24. The molecule has 2 aromatic heterocycles. The van der Waals surface area contributed by atoms with Gasteiger partial charge in [0.05, 0.1) is 13.2 Å². The van der Waals surface area contributed by atoms with Crippen LogP contribution in [0.4, 0.5) is 6.01 Å². The van der Waals surface area contributed by atoms with E-state index >= 15 is 0 Å². The Labute approximate surface area is 151 Å². The van der Waals surface area contributed by atoms with Gasteiger partial charge in [0.2, 0.25) is 0 Å². The second-order valence-corrected chi connectivity index (χ2v) is 6.17. The van der Waals surface area contributed by atoms with Crippen molar-refractivity contribution < 1.29 is 13.9 Å². The summed E-state index contributed by atoms with van der Waals surface area (Å²) in [6.45, 7) is 5.81. The molecule has 1 fully saturated rings. The number of pyridine rings is 1. The summed E-state index contributed by atoms with van der Waals surface area (Å²) in [7, 11) is 0. The molecule has 7 nitrogen and oxygen atoms in total. The minimum absolute atomic E-state index is 0.493. The maximum Gasteiger partial charge on any atom is 0.295 e. The molecule has 0 amide bonds. The molecule has 0 bridgehead atoms. The van der Waals surface area contributed by atoms with E-state index in [1.54, 1.807) is 12.4 Å². The average Bonchev–Trinajstić information content (AvgIpc) is 3.10. The lowest BCUT2D eigenvalue weighted by atomic mass is 10.3. The second kappa shape index (κ2) is 8.16. The number of benzene rings is 1. The van der Waals surface area contributed by atoms with Crippen LogP contribution in [-0.4, -0.2) is 54.3 Å². The Morgan fingerprint density at radius 1 is 1.12 bits per heavy atom. The quantitative estimate of drug-likeness (QED) is 0.699. The molecule has 3 aromatic rings. The van der Waals surface area contributed by atoms with Gasteiger partial charge in [-0.05, 0) is 29.8 Å². The van der Waals surface area contributed by atoms with Crippen LogP contribution in [-0.2, 0) is 11.3 Å². The molecule has 0 aliphatic carbocycles. The number of aromatic nitrogens is 2. The maximum atomic E-state index is 5.82. The summed E-state index contributed by atoms with van der Waals surface area (Å²) in [5.74, 6) is 0.755. The SMILES string of the molecule is c1cc(COc2ccc3nc(NCCN4CCOCC4)oc3c2)ccn1. The summed E-state index contributed by atoms with van der Waals surface area (Å²) in [4.78, 5) is 10.8. The fraction of sp³-hybridized carbons (Fsp3) is 0.368. The van der Waals surface area contributed by atoms with E-state index in [1.807, 2.05) is 30.3 Å². The van der Waals surface area contributed by atoms with Crippen LogP contribution in [0.2, 0.25) is 0 Å². The monoisotopic (exact) mass is 354 g/mol. The Hall–Kier alpha value is -2.64. The van der Waals surface area contributed by atoms with Gasteiger partial charge in [-0.15, -0.1) is 0 Å². The smallest absolute Gasteiger partial charge is 0.295 e. The first-order valence-corrected chi connectivity index (χ1v) is 8.83. The number of nitrogens with one attached hydrogen (secondary N) is 1. The summed E-state index contributed by atoms with van der Waals surface area (Å²) in [5, 5.41) is 3.25. The number of morpholine rings is 1. The maximum absolute atomic E-state index is 5.82. The number of nitrogens with zero attached hydrogens (tertiary/aromatic N) is 3. The van der Waals surface area contributed by atoms with E-state index < -0.39 is 0 Å². The summed E-state index contributed by atoms with van der Waals surface area (Å²) in [5.41, 5.74) is 2.60. The molecule has 1 aromatic carbocycles. The zero-order chi connectivity index (χ0) is 17.6. The molecule has 0 atom stereocenters. The number of oxazole rings is 1. The normalized spacial score (nSPS) is 15.2. The first-order chi connectivity index (χ1) is 12.9. The molecule has 4 rings (SSSR count). The Balaban J connectivity index is 1.33. The van der Waals surface area contributed by atoms with Gasteiger partial charge in [-0.2, -0.15) is 4.98 Å². The number of rotatable bonds is 7. The van der Waals surface area contributed by atoms with Gasteiger partial charge >= 0.3 is 0 Å². The molecule has 7 heteroatoms. The van der Waals surface area contributed by atoms with Crippen molar-refractivity contribution in [2.75, 3.05) is 44.7 Å². The molecule has 1 N–H and O–H groups in total. The van der Waals surface area contributed by atoms with E-state index in [1.165, 1.54) is 0 Å². The van der Waals surface area contributed by atoms with E-state index in [0.29, 0.717) is 18.2 Å². The molecule has 1 aliphatic heterocycles. The van der Waals surface area contributed by atoms with Gasteiger partial charge in [-0.25, -0.2) is 0 Å². The van der Waals surface area contributed by atoms with Crippen LogP contribution < -0.4 is 10.1 Å². The third-order valence-corrected chi connectivity index (χ3v) is 4.32. The van der Waals surface area contributed by atoms with E-state index in [2.05, 4.69) is 20.2 Å². The molecular weight excluding hydrogens is 332 g/mol. The Morgan fingerprint density at radius 2 is 1.96 bits per heavy atom. The standard InChI is InChI=1S/C19H22N4O3/c1-2-17-18(13-16(1)25-14-15-3-5-20-6-4-15)26-19(22-17)21-7-8-23-9-11-24-12-10-23/h1-6,13H,7-12,14H2,(H,21,22). The first-order valence-electron chi connectivity index (χ1n) is 8.83. The molecule has 0 saturated carbocycles. The lowest BCUT2D eigenvalue weighted by Gasteiger charge is -2.26. The van der Waals surface area contributed by atoms with Gasteiger partial charge in [-0.3, -0.25) is 9.88 Å². The highest BCUT2D eigenvalue weighted by atomic mass is 16.5. The summed E-state index contributed by atoms with van der Waals surface area (Å²) >= 11 is 0. The predicted molar refractivity (Wildman–Crippen MR) is 98.3 cm³/mol. The zero-order valence-electron chi connectivity index (χ0n) is 14.6. The van der Waals surface area contributed by atoms with Crippen molar-refractivity contribution in [3.63, 3.8) is 0 Å². The van der Waals surface area contributed by atoms with Crippen LogP contribution in [0.25, 0.3) is 11.1 Å². The van der Waals surface area contributed by atoms with Crippen molar-refractivity contribution in [3.8, 4) is 5.75 Å². The minimum atomic E-state index is 0.493. The highest BCUT2D eigenvalue weighted by Gasteiger charge is 2.11. The molecule has 1 saturated heterocycles. The average molecular weight is 354 g/mol. The van der Waals surface area contributed by atoms with Gasteiger partial charge in [0.1, 0.15) is 17.9 Å². The van der Waals surface area contributed by atoms with Crippen molar-refractivity contribution >= 4 is 17.1 Å². The summed E-state index contributed by atoms with van der Waals surface area (Å²) in [6.07, 6.45) is 3.51. The van der Waals surface area contributed by atoms with Gasteiger partial charge in [0, 0.05) is 44.6 Å². The predicted octanol–water partition coefficient (Wildman–Crippen LogP) is 2.55. The van der Waals surface area contributed by atoms with Crippen molar-refractivity contribution in [1.29, 1.82) is 0 Å². The molecule has 0 unspecified atom stereocenters. The largest absolute Gasteiger partial charge is 0.489 e. The molecule has 3 heterocycles. The fourth-order valence-corrected chi connectivity index (χ4v) is 2.86.